The van der Waals surface area contributed by atoms with Crippen LogP contribution in [-0.2, 0) is 27.2 Å². The minimum atomic E-state index is -0.0512. The van der Waals surface area contributed by atoms with Crippen LogP contribution in [0, 0.1) is 0 Å². The van der Waals surface area contributed by atoms with E-state index in [2.05, 4.69) is 10.4 Å². The zero-order valence-corrected chi connectivity index (χ0v) is 15.6. The maximum Gasteiger partial charge on any atom is 0.328 e. The maximum atomic E-state index is 12.7. The summed E-state index contributed by atoms with van der Waals surface area (Å²) in [6.07, 6.45) is 5.68. The van der Waals surface area contributed by atoms with Crippen molar-refractivity contribution >= 4 is 17.1 Å². The predicted molar refractivity (Wildman–Crippen MR) is 102 cm³/mol. The van der Waals surface area contributed by atoms with Crippen LogP contribution in [0.3, 0.4) is 0 Å². The fourth-order valence-electron chi connectivity index (χ4n) is 3.86. The summed E-state index contributed by atoms with van der Waals surface area (Å²) >= 11 is 0. The van der Waals surface area contributed by atoms with Gasteiger partial charge >= 0.3 is 11.7 Å². The molecule has 1 aromatic carbocycles. The van der Waals surface area contributed by atoms with Gasteiger partial charge in [0.25, 0.3) is 0 Å². The van der Waals surface area contributed by atoms with Gasteiger partial charge in [-0.15, -0.1) is 0 Å². The van der Waals surface area contributed by atoms with Gasteiger partial charge in [0.05, 0.1) is 23.6 Å². The van der Waals surface area contributed by atoms with Crippen molar-refractivity contribution in [2.75, 3.05) is 6.54 Å². The lowest BCUT2D eigenvalue weighted by molar-refractivity contribution is 0.185. The number of nitrogens with one attached hydrogen (secondary N) is 1. The van der Waals surface area contributed by atoms with Crippen LogP contribution in [0.15, 0.2) is 41.5 Å². The van der Waals surface area contributed by atoms with E-state index in [1.807, 2.05) is 40.0 Å². The highest BCUT2D eigenvalue weighted by Gasteiger charge is 2.28. The van der Waals surface area contributed by atoms with Crippen molar-refractivity contribution in [3.8, 4) is 0 Å². The number of likely N-dealkylation sites (tertiary alicyclic amines) is 1. The highest BCUT2D eigenvalue weighted by Crippen LogP contribution is 2.19. The molecule has 1 saturated heterocycles. The lowest BCUT2D eigenvalue weighted by Gasteiger charge is -2.25. The van der Waals surface area contributed by atoms with Crippen LogP contribution in [0.25, 0.3) is 11.0 Å². The second-order valence-corrected chi connectivity index (χ2v) is 7.10. The molecule has 8 nitrogen and oxygen atoms in total. The largest absolute Gasteiger partial charge is 0.334 e. The number of aryl methyl sites for hydroxylation is 2. The zero-order chi connectivity index (χ0) is 19.0. The van der Waals surface area contributed by atoms with Crippen LogP contribution in [0.1, 0.15) is 18.4 Å². The van der Waals surface area contributed by atoms with Gasteiger partial charge in [-0.3, -0.25) is 13.8 Å². The molecule has 1 aliphatic heterocycles. The second kappa shape index (κ2) is 6.94. The van der Waals surface area contributed by atoms with E-state index in [4.69, 9.17) is 0 Å². The van der Waals surface area contributed by atoms with Crippen molar-refractivity contribution in [2.45, 2.75) is 32.0 Å². The summed E-state index contributed by atoms with van der Waals surface area (Å²) in [4.78, 5) is 26.6. The molecule has 142 valence electrons. The Bertz CT molecular complexity index is 1020. The van der Waals surface area contributed by atoms with Crippen molar-refractivity contribution < 1.29 is 4.79 Å². The quantitative estimate of drug-likeness (QED) is 0.757. The van der Waals surface area contributed by atoms with Crippen LogP contribution in [0.2, 0.25) is 0 Å². The molecule has 1 fully saturated rings. The zero-order valence-electron chi connectivity index (χ0n) is 15.6. The minimum Gasteiger partial charge on any atom is -0.334 e. The molecule has 0 bridgehead atoms. The molecular formula is C19H24N6O2. The van der Waals surface area contributed by atoms with Gasteiger partial charge in [0.2, 0.25) is 0 Å². The maximum absolute atomic E-state index is 12.7. The van der Waals surface area contributed by atoms with Gasteiger partial charge in [-0.1, -0.05) is 6.07 Å². The van der Waals surface area contributed by atoms with Gasteiger partial charge in [-0.05, 0) is 36.6 Å². The molecule has 1 aliphatic rings. The summed E-state index contributed by atoms with van der Waals surface area (Å²) in [6, 6.07) is 7.85. The van der Waals surface area contributed by atoms with E-state index in [0.717, 1.165) is 42.5 Å². The molecular weight excluding hydrogens is 344 g/mol. The van der Waals surface area contributed by atoms with Crippen molar-refractivity contribution in [2.24, 2.45) is 14.1 Å². The van der Waals surface area contributed by atoms with E-state index in [-0.39, 0.29) is 17.8 Å². The Hall–Kier alpha value is -3.03. The van der Waals surface area contributed by atoms with E-state index in [1.165, 1.54) is 0 Å². The Morgan fingerprint density at radius 1 is 1.26 bits per heavy atom. The number of fused-ring (bicyclic) bond motifs is 1. The van der Waals surface area contributed by atoms with Crippen LogP contribution in [0.4, 0.5) is 4.79 Å². The summed E-state index contributed by atoms with van der Waals surface area (Å²) in [5.74, 6) is 0. The van der Waals surface area contributed by atoms with Crippen LogP contribution >= 0.6 is 0 Å². The molecule has 2 aromatic heterocycles. The molecule has 0 aliphatic carbocycles. The third kappa shape index (κ3) is 3.22. The Morgan fingerprint density at radius 3 is 2.85 bits per heavy atom. The minimum absolute atomic E-state index is 0.0493. The highest BCUT2D eigenvalue weighted by atomic mass is 16.2. The number of carbonyl (C=O) groups excluding carboxylic acids is 1. The molecule has 8 heteroatoms. The lowest BCUT2D eigenvalue weighted by atomic mass is 10.2. The van der Waals surface area contributed by atoms with Gasteiger partial charge in [-0.2, -0.15) is 5.10 Å². The average molecular weight is 368 g/mol. The molecule has 3 heterocycles. The number of urea groups is 1. The van der Waals surface area contributed by atoms with Gasteiger partial charge in [0.1, 0.15) is 0 Å². The van der Waals surface area contributed by atoms with E-state index >= 15 is 0 Å². The first-order chi connectivity index (χ1) is 13.0. The number of amides is 2. The third-order valence-electron chi connectivity index (χ3n) is 5.38. The van der Waals surface area contributed by atoms with Gasteiger partial charge in [-0.25, -0.2) is 9.59 Å². The van der Waals surface area contributed by atoms with Gasteiger partial charge in [0.15, 0.2) is 0 Å². The fraction of sp³-hybridized carbons (Fsp3) is 0.421. The summed E-state index contributed by atoms with van der Waals surface area (Å²) in [7, 11) is 3.52. The number of hydrogen-bond donors (Lipinski definition) is 1. The van der Waals surface area contributed by atoms with E-state index in [0.29, 0.717) is 6.54 Å². The third-order valence-corrected chi connectivity index (χ3v) is 5.38. The second-order valence-electron chi connectivity index (χ2n) is 7.10. The number of hydrogen-bond acceptors (Lipinski definition) is 3. The summed E-state index contributed by atoms with van der Waals surface area (Å²) < 4.78 is 5.13. The standard InChI is InChI=1S/C19H24N6O2/c1-22-16-7-6-14(11-17(16)23(2)19(22)27)12-20-18(26)25-10-3-5-15(25)13-24-9-4-8-21-24/h4,6-9,11,15H,3,5,10,12-13H2,1-2H3,(H,20,26). The molecule has 4 rings (SSSR count). The number of aromatic nitrogens is 4. The first kappa shape index (κ1) is 17.4. The highest BCUT2D eigenvalue weighted by molar-refractivity contribution is 5.78. The molecule has 27 heavy (non-hydrogen) atoms. The Morgan fingerprint density at radius 2 is 2.07 bits per heavy atom. The average Bonchev–Trinajstić information content (AvgIpc) is 3.40. The van der Waals surface area contributed by atoms with E-state index in [9.17, 15) is 9.59 Å². The Labute approximate surface area is 157 Å². The normalized spacial score (nSPS) is 17.0. The van der Waals surface area contributed by atoms with Crippen LogP contribution in [0.5, 0.6) is 0 Å². The first-order valence-electron chi connectivity index (χ1n) is 9.21. The van der Waals surface area contributed by atoms with Crippen molar-refractivity contribution in [1.82, 2.24) is 29.1 Å². The molecule has 1 atom stereocenters. The van der Waals surface area contributed by atoms with Crippen molar-refractivity contribution in [1.29, 1.82) is 0 Å². The topological polar surface area (TPSA) is 77.1 Å². The lowest BCUT2D eigenvalue weighted by Crippen LogP contribution is -2.44. The number of carbonyl (C=O) groups is 1. The monoisotopic (exact) mass is 368 g/mol. The number of imidazole rings is 1. The summed E-state index contributed by atoms with van der Waals surface area (Å²) in [6.45, 7) is 1.92. The van der Waals surface area contributed by atoms with Crippen LogP contribution < -0.4 is 11.0 Å². The SMILES string of the molecule is Cn1c(=O)n(C)c2cc(CNC(=O)N3CCCC3Cn3cccn3)ccc21. The number of rotatable bonds is 4. The fourth-order valence-corrected chi connectivity index (χ4v) is 3.86. The van der Waals surface area contributed by atoms with E-state index in [1.54, 1.807) is 29.4 Å². The van der Waals surface area contributed by atoms with Gasteiger partial charge < -0.3 is 10.2 Å². The molecule has 0 spiro atoms. The molecule has 1 N–H and O–H groups in total. The molecule has 3 aromatic rings. The van der Waals surface area contributed by atoms with Crippen molar-refractivity contribution in [3.05, 3.63) is 52.7 Å². The van der Waals surface area contributed by atoms with E-state index < -0.39 is 0 Å². The Balaban J connectivity index is 1.43. The summed E-state index contributed by atoms with van der Waals surface area (Å²) in [5, 5.41) is 7.26. The smallest absolute Gasteiger partial charge is 0.328 e. The summed E-state index contributed by atoms with van der Waals surface area (Å²) in [5.41, 5.74) is 2.67. The molecule has 0 saturated carbocycles. The predicted octanol–water partition coefficient (Wildman–Crippen LogP) is 1.45. The van der Waals surface area contributed by atoms with Crippen molar-refractivity contribution in [3.63, 3.8) is 0 Å². The first-order valence-corrected chi connectivity index (χ1v) is 9.21. The number of benzene rings is 1. The molecule has 1 unspecified atom stereocenters. The number of nitrogens with zero attached hydrogens (tertiary/aromatic N) is 5. The van der Waals surface area contributed by atoms with Crippen LogP contribution in [-0.4, -0.2) is 42.4 Å². The Kier molecular flexibility index (Phi) is 4.47. The van der Waals surface area contributed by atoms with Gasteiger partial charge in [0, 0.05) is 39.6 Å². The molecule has 2 amide bonds. The molecule has 0 radical (unpaired) electrons.